The third-order valence-electron chi connectivity index (χ3n) is 8.25. The zero-order valence-corrected chi connectivity index (χ0v) is 24.5. The molecule has 0 aromatic heterocycles. The van der Waals surface area contributed by atoms with Crippen LogP contribution in [0, 0.1) is 13.8 Å². The van der Waals surface area contributed by atoms with Crippen LogP contribution in [-0.4, -0.2) is 11.9 Å². The van der Waals surface area contributed by atoms with Crippen LogP contribution in [0.3, 0.4) is 0 Å². The number of esters is 2. The monoisotopic (exact) mass is 582 g/mol. The highest BCUT2D eigenvalue weighted by Crippen LogP contribution is 2.40. The quantitative estimate of drug-likeness (QED) is 0.183. The third-order valence-corrected chi connectivity index (χ3v) is 8.25. The Morgan fingerprint density at radius 3 is 1.39 bits per heavy atom. The molecule has 2 aliphatic rings. The number of hydrogen-bond acceptors (Lipinski definition) is 6. The Labute approximate surface area is 255 Å². The highest BCUT2D eigenvalue weighted by atomic mass is 16.5. The molecule has 0 bridgehead atoms. The normalized spacial score (nSPS) is 12.4. The van der Waals surface area contributed by atoms with Gasteiger partial charge in [-0.3, -0.25) is 0 Å². The van der Waals surface area contributed by atoms with Gasteiger partial charge in [0.2, 0.25) is 0 Å². The third kappa shape index (κ3) is 5.20. The fraction of sp³-hybridized carbons (Fsp3) is 0.158. The van der Waals surface area contributed by atoms with Gasteiger partial charge in [-0.25, -0.2) is 9.59 Å². The van der Waals surface area contributed by atoms with E-state index >= 15 is 0 Å². The second-order valence-electron chi connectivity index (χ2n) is 11.2. The van der Waals surface area contributed by atoms with Crippen LogP contribution in [0.2, 0.25) is 0 Å². The Bertz CT molecular complexity index is 1780. The molecule has 0 radical (unpaired) electrons. The summed E-state index contributed by atoms with van der Waals surface area (Å²) in [4.78, 5) is 26.5. The average Bonchev–Trinajstić information content (AvgIpc) is 3.04. The lowest BCUT2D eigenvalue weighted by atomic mass is 9.93. The first-order chi connectivity index (χ1) is 21.4. The predicted octanol–water partition coefficient (Wildman–Crippen LogP) is 8.41. The summed E-state index contributed by atoms with van der Waals surface area (Å²) in [6.45, 7) is 4.06. The number of hydrogen-bond donors (Lipinski definition) is 0. The molecular formula is C38H30O6. The van der Waals surface area contributed by atoms with Crippen molar-refractivity contribution < 1.29 is 28.5 Å². The maximum atomic E-state index is 13.3. The fourth-order valence-electron chi connectivity index (χ4n) is 5.89. The van der Waals surface area contributed by atoms with E-state index in [0.717, 1.165) is 56.0 Å². The minimum Gasteiger partial charge on any atom is -0.457 e. The summed E-state index contributed by atoms with van der Waals surface area (Å²) < 4.78 is 23.6. The van der Waals surface area contributed by atoms with E-state index in [0.29, 0.717) is 35.5 Å². The summed E-state index contributed by atoms with van der Waals surface area (Å²) in [5, 5.41) is 0. The van der Waals surface area contributed by atoms with Crippen molar-refractivity contribution in [1.29, 1.82) is 0 Å². The van der Waals surface area contributed by atoms with Crippen LogP contribution in [0.15, 0.2) is 97.1 Å². The van der Waals surface area contributed by atoms with Crippen molar-refractivity contribution in [3.63, 3.8) is 0 Å². The van der Waals surface area contributed by atoms with Crippen LogP contribution < -0.4 is 9.47 Å². The Hall–Kier alpha value is -5.36. The molecule has 0 N–H and O–H groups in total. The molecule has 0 unspecified atom stereocenters. The first kappa shape index (κ1) is 27.5. The highest BCUT2D eigenvalue weighted by Gasteiger charge is 2.26. The standard InChI is InChI=1S/C38H30O6/c1-23-11-17-33-29(19-27-7-3-5-9-31(27)43-33)35(23)37(39)41-21-25-13-15-26(16-14-25)22-42-38(40)36-24(2)12-18-34-30(36)20-28-8-4-6-10-32(28)44-34/h3-18H,19-22H2,1-2H3. The molecular weight excluding hydrogens is 552 g/mol. The highest BCUT2D eigenvalue weighted by molar-refractivity contribution is 5.94. The Kier molecular flexibility index (Phi) is 7.10. The molecule has 5 aromatic carbocycles. The molecule has 6 heteroatoms. The van der Waals surface area contributed by atoms with Gasteiger partial charge in [0, 0.05) is 24.0 Å². The fourth-order valence-corrected chi connectivity index (χ4v) is 5.89. The summed E-state index contributed by atoms with van der Waals surface area (Å²) in [5.41, 5.74) is 8.23. The molecule has 0 aliphatic carbocycles. The van der Waals surface area contributed by atoms with Gasteiger partial charge < -0.3 is 18.9 Å². The van der Waals surface area contributed by atoms with Crippen LogP contribution in [0.25, 0.3) is 0 Å². The van der Waals surface area contributed by atoms with Crippen LogP contribution in [0.5, 0.6) is 23.0 Å². The molecule has 7 rings (SSSR count). The molecule has 6 nitrogen and oxygen atoms in total. The minimum atomic E-state index is -0.381. The van der Waals surface area contributed by atoms with E-state index in [1.165, 1.54) is 0 Å². The number of rotatable bonds is 6. The molecule has 2 aliphatic heterocycles. The van der Waals surface area contributed by atoms with E-state index in [-0.39, 0.29) is 25.2 Å². The zero-order chi connectivity index (χ0) is 30.2. The lowest BCUT2D eigenvalue weighted by Gasteiger charge is -2.23. The van der Waals surface area contributed by atoms with Crippen molar-refractivity contribution in [1.82, 2.24) is 0 Å². The molecule has 0 atom stereocenters. The number of carbonyl (C=O) groups excluding carboxylic acids is 2. The van der Waals surface area contributed by atoms with Crippen molar-refractivity contribution in [3.8, 4) is 23.0 Å². The van der Waals surface area contributed by atoms with E-state index in [1.807, 2.05) is 111 Å². The van der Waals surface area contributed by atoms with E-state index < -0.39 is 0 Å². The lowest BCUT2D eigenvalue weighted by molar-refractivity contribution is 0.0457. The largest absolute Gasteiger partial charge is 0.457 e. The SMILES string of the molecule is Cc1ccc2c(c1C(=O)OCc1ccc(COC(=O)c3c(C)ccc4c3Cc3ccccc3O4)cc1)Cc1ccccc1O2. The van der Waals surface area contributed by atoms with E-state index in [4.69, 9.17) is 18.9 Å². The van der Waals surface area contributed by atoms with E-state index in [2.05, 4.69) is 0 Å². The predicted molar refractivity (Wildman–Crippen MR) is 166 cm³/mol. The average molecular weight is 583 g/mol. The van der Waals surface area contributed by atoms with Gasteiger partial charge in [-0.15, -0.1) is 0 Å². The molecule has 0 saturated carbocycles. The first-order valence-corrected chi connectivity index (χ1v) is 14.6. The number of ether oxygens (including phenoxy) is 4. The van der Waals surface area contributed by atoms with Crippen molar-refractivity contribution in [3.05, 3.63) is 153 Å². The minimum absolute atomic E-state index is 0.121. The molecule has 0 saturated heterocycles. The van der Waals surface area contributed by atoms with Crippen LogP contribution in [0.4, 0.5) is 0 Å². The Balaban J connectivity index is 0.992. The van der Waals surface area contributed by atoms with Gasteiger partial charge in [-0.1, -0.05) is 72.8 Å². The summed E-state index contributed by atoms with van der Waals surface area (Å²) in [6, 6.07) is 30.8. The second kappa shape index (κ2) is 11.4. The number of benzene rings is 5. The van der Waals surface area contributed by atoms with Gasteiger partial charge >= 0.3 is 11.9 Å². The summed E-state index contributed by atoms with van der Waals surface area (Å²) in [5.74, 6) is 2.23. The van der Waals surface area contributed by atoms with Crippen LogP contribution in [0.1, 0.15) is 65.2 Å². The topological polar surface area (TPSA) is 71.1 Å². The zero-order valence-electron chi connectivity index (χ0n) is 24.5. The Morgan fingerprint density at radius 1 is 0.545 bits per heavy atom. The first-order valence-electron chi connectivity index (χ1n) is 14.6. The van der Waals surface area contributed by atoms with Crippen molar-refractivity contribution >= 4 is 11.9 Å². The molecule has 218 valence electrons. The number of aryl methyl sites for hydroxylation is 2. The van der Waals surface area contributed by atoms with Gasteiger partial charge in [0.05, 0.1) is 11.1 Å². The van der Waals surface area contributed by atoms with Crippen LogP contribution >= 0.6 is 0 Å². The number of fused-ring (bicyclic) bond motifs is 4. The van der Waals surface area contributed by atoms with Crippen LogP contribution in [-0.2, 0) is 35.5 Å². The van der Waals surface area contributed by atoms with Gasteiger partial charge in [-0.2, -0.15) is 0 Å². The molecule has 0 spiro atoms. The molecule has 0 amide bonds. The Morgan fingerprint density at radius 2 is 0.955 bits per heavy atom. The summed E-state index contributed by atoms with van der Waals surface area (Å²) in [7, 11) is 0. The van der Waals surface area contributed by atoms with E-state index in [1.54, 1.807) is 0 Å². The molecule has 44 heavy (non-hydrogen) atoms. The number of para-hydroxylation sites is 2. The van der Waals surface area contributed by atoms with Gasteiger partial charge in [0.25, 0.3) is 0 Å². The molecule has 0 fully saturated rings. The summed E-state index contributed by atoms with van der Waals surface area (Å²) >= 11 is 0. The van der Waals surface area contributed by atoms with E-state index in [9.17, 15) is 9.59 Å². The summed E-state index contributed by atoms with van der Waals surface area (Å²) in [6.07, 6.45) is 1.22. The van der Waals surface area contributed by atoms with Gasteiger partial charge in [0.15, 0.2) is 0 Å². The smallest absolute Gasteiger partial charge is 0.339 e. The van der Waals surface area contributed by atoms with Gasteiger partial charge in [0.1, 0.15) is 36.2 Å². The van der Waals surface area contributed by atoms with Crippen molar-refractivity contribution in [2.24, 2.45) is 0 Å². The van der Waals surface area contributed by atoms with Gasteiger partial charge in [-0.05, 0) is 71.5 Å². The number of carbonyl (C=O) groups is 2. The lowest BCUT2D eigenvalue weighted by Crippen LogP contribution is -2.14. The maximum Gasteiger partial charge on any atom is 0.339 e. The molecule has 5 aromatic rings. The second-order valence-corrected chi connectivity index (χ2v) is 11.2. The van der Waals surface area contributed by atoms with Crippen molar-refractivity contribution in [2.75, 3.05) is 0 Å². The molecule has 2 heterocycles. The van der Waals surface area contributed by atoms with Crippen molar-refractivity contribution in [2.45, 2.75) is 39.9 Å². The maximum absolute atomic E-state index is 13.3.